The van der Waals surface area contributed by atoms with Crippen molar-refractivity contribution < 1.29 is 14.6 Å². The van der Waals surface area contributed by atoms with Crippen LogP contribution in [0.2, 0.25) is 0 Å². The van der Waals surface area contributed by atoms with Crippen molar-refractivity contribution in [3.63, 3.8) is 0 Å². The Hall–Kier alpha value is -0.120. The van der Waals surface area contributed by atoms with Crippen molar-refractivity contribution >= 4 is 0 Å². The van der Waals surface area contributed by atoms with Gasteiger partial charge in [0.2, 0.25) is 0 Å². The summed E-state index contributed by atoms with van der Waals surface area (Å²) < 4.78 is 10.8. The molecule has 0 spiro atoms. The van der Waals surface area contributed by atoms with Gasteiger partial charge in [-0.3, -0.25) is 0 Å². The molecule has 1 atom stereocenters. The maximum Gasteiger partial charge on any atom is 0.154 e. The summed E-state index contributed by atoms with van der Waals surface area (Å²) in [6.07, 6.45) is 8.15. The van der Waals surface area contributed by atoms with Crippen LogP contribution in [0.15, 0.2) is 0 Å². The molecule has 0 heterocycles. The number of hydrogen-bond donors (Lipinski definition) is 1. The molecule has 0 aromatic heterocycles. The highest BCUT2D eigenvalue weighted by Crippen LogP contribution is 2.01. The van der Waals surface area contributed by atoms with Gasteiger partial charge >= 0.3 is 0 Å². The molecule has 0 aliphatic carbocycles. The third-order valence-electron chi connectivity index (χ3n) is 2.67. The Kier molecular flexibility index (Phi) is 13.8. The largest absolute Gasteiger partial charge is 0.381 e. The normalized spacial score (nSPS) is 12.9. The van der Waals surface area contributed by atoms with Crippen molar-refractivity contribution in [1.29, 1.82) is 0 Å². The van der Waals surface area contributed by atoms with E-state index < -0.39 is 6.29 Å². The second-order valence-electron chi connectivity index (χ2n) is 4.49. The van der Waals surface area contributed by atoms with Crippen LogP contribution in [0, 0.1) is 0 Å². The van der Waals surface area contributed by atoms with Crippen LogP contribution in [0.25, 0.3) is 0 Å². The average Bonchev–Trinajstić information content (AvgIpc) is 2.32. The third-order valence-corrected chi connectivity index (χ3v) is 2.67. The van der Waals surface area contributed by atoms with E-state index in [0.29, 0.717) is 6.61 Å². The van der Waals surface area contributed by atoms with E-state index in [0.717, 1.165) is 38.9 Å². The quantitative estimate of drug-likeness (QED) is 0.399. The summed E-state index contributed by atoms with van der Waals surface area (Å²) in [6.45, 7) is 6.60. The van der Waals surface area contributed by atoms with Crippen molar-refractivity contribution in [2.24, 2.45) is 0 Å². The Morgan fingerprint density at radius 1 is 0.824 bits per heavy atom. The van der Waals surface area contributed by atoms with Gasteiger partial charge in [0.05, 0.1) is 0 Å². The molecule has 0 amide bonds. The fourth-order valence-electron chi connectivity index (χ4n) is 1.59. The number of aliphatic hydroxyl groups excluding tert-OH is 1. The lowest BCUT2D eigenvalue weighted by atomic mass is 10.2. The second-order valence-corrected chi connectivity index (χ2v) is 4.49. The van der Waals surface area contributed by atoms with Gasteiger partial charge in [-0.2, -0.15) is 0 Å². The minimum atomic E-state index is -0.574. The number of unbranched alkanes of at least 4 members (excludes halogenated alkanes) is 4. The molecule has 3 nitrogen and oxygen atoms in total. The van der Waals surface area contributed by atoms with Gasteiger partial charge in [0.15, 0.2) is 6.29 Å². The van der Waals surface area contributed by atoms with E-state index in [1.165, 1.54) is 25.7 Å². The first-order valence-electron chi connectivity index (χ1n) is 7.18. The van der Waals surface area contributed by atoms with Crippen LogP contribution in [0.1, 0.15) is 65.2 Å². The number of rotatable bonds is 13. The molecule has 0 aromatic carbocycles. The van der Waals surface area contributed by atoms with Crippen molar-refractivity contribution in [2.45, 2.75) is 71.5 Å². The molecule has 104 valence electrons. The van der Waals surface area contributed by atoms with E-state index in [1.54, 1.807) is 0 Å². The zero-order valence-corrected chi connectivity index (χ0v) is 11.6. The number of hydrogen-bond acceptors (Lipinski definition) is 3. The van der Waals surface area contributed by atoms with Gasteiger partial charge < -0.3 is 14.6 Å². The molecule has 0 rings (SSSR count). The highest BCUT2D eigenvalue weighted by atomic mass is 16.6. The fourth-order valence-corrected chi connectivity index (χ4v) is 1.59. The predicted molar refractivity (Wildman–Crippen MR) is 71.1 cm³/mol. The van der Waals surface area contributed by atoms with E-state index >= 15 is 0 Å². The van der Waals surface area contributed by atoms with Crippen LogP contribution >= 0.6 is 0 Å². The van der Waals surface area contributed by atoms with Crippen LogP contribution in [0.3, 0.4) is 0 Å². The lowest BCUT2D eigenvalue weighted by molar-refractivity contribution is -0.104. The lowest BCUT2D eigenvalue weighted by Crippen LogP contribution is -2.12. The summed E-state index contributed by atoms with van der Waals surface area (Å²) in [7, 11) is 0. The average molecular weight is 246 g/mol. The summed E-state index contributed by atoms with van der Waals surface area (Å²) in [5, 5.41) is 9.32. The minimum Gasteiger partial charge on any atom is -0.381 e. The lowest BCUT2D eigenvalue weighted by Gasteiger charge is -2.10. The molecule has 0 fully saturated rings. The van der Waals surface area contributed by atoms with E-state index in [1.807, 2.05) is 6.92 Å². The predicted octanol–water partition coefficient (Wildman–Crippen LogP) is 3.50. The molecule has 17 heavy (non-hydrogen) atoms. The molecule has 0 aliphatic rings. The first kappa shape index (κ1) is 16.9. The fraction of sp³-hybridized carbons (Fsp3) is 1.00. The molecule has 0 radical (unpaired) electrons. The molecule has 0 saturated carbocycles. The van der Waals surface area contributed by atoms with Crippen LogP contribution in [-0.2, 0) is 9.47 Å². The smallest absolute Gasteiger partial charge is 0.154 e. The Labute approximate surface area is 107 Å². The topological polar surface area (TPSA) is 38.7 Å². The van der Waals surface area contributed by atoms with Gasteiger partial charge in [0.25, 0.3) is 0 Å². The Morgan fingerprint density at radius 2 is 1.47 bits per heavy atom. The van der Waals surface area contributed by atoms with Crippen LogP contribution in [0.4, 0.5) is 0 Å². The highest BCUT2D eigenvalue weighted by molar-refractivity contribution is 4.43. The van der Waals surface area contributed by atoms with Gasteiger partial charge in [-0.1, -0.05) is 39.5 Å². The summed E-state index contributed by atoms with van der Waals surface area (Å²) in [5.74, 6) is 0. The molecule has 1 N–H and O–H groups in total. The summed E-state index contributed by atoms with van der Waals surface area (Å²) in [5.41, 5.74) is 0. The van der Waals surface area contributed by atoms with Gasteiger partial charge in [-0.25, -0.2) is 0 Å². The summed E-state index contributed by atoms with van der Waals surface area (Å²) >= 11 is 0. The zero-order chi connectivity index (χ0) is 12.8. The van der Waals surface area contributed by atoms with Gasteiger partial charge in [-0.05, 0) is 25.7 Å². The van der Waals surface area contributed by atoms with E-state index in [4.69, 9.17) is 9.47 Å². The molecule has 0 bridgehead atoms. The first-order valence-corrected chi connectivity index (χ1v) is 7.18. The molecular weight excluding hydrogens is 216 g/mol. The van der Waals surface area contributed by atoms with Crippen LogP contribution < -0.4 is 0 Å². The second kappa shape index (κ2) is 13.9. The Bertz CT molecular complexity index is 139. The summed E-state index contributed by atoms with van der Waals surface area (Å²) in [6, 6.07) is 0. The Balaban J connectivity index is 2.98. The van der Waals surface area contributed by atoms with Gasteiger partial charge in [-0.15, -0.1) is 0 Å². The Morgan fingerprint density at radius 3 is 2.12 bits per heavy atom. The number of aliphatic hydroxyl groups is 1. The van der Waals surface area contributed by atoms with Crippen LogP contribution in [-0.4, -0.2) is 31.2 Å². The van der Waals surface area contributed by atoms with Crippen molar-refractivity contribution in [3.8, 4) is 0 Å². The van der Waals surface area contributed by atoms with Crippen molar-refractivity contribution in [3.05, 3.63) is 0 Å². The van der Waals surface area contributed by atoms with E-state index in [9.17, 15) is 5.11 Å². The molecule has 3 heteroatoms. The van der Waals surface area contributed by atoms with E-state index in [-0.39, 0.29) is 0 Å². The molecular formula is C14H30O3. The number of ether oxygens (including phenoxy) is 2. The van der Waals surface area contributed by atoms with Crippen molar-refractivity contribution in [1.82, 2.24) is 0 Å². The maximum atomic E-state index is 9.32. The van der Waals surface area contributed by atoms with Crippen LogP contribution in [0.5, 0.6) is 0 Å². The zero-order valence-electron chi connectivity index (χ0n) is 11.6. The van der Waals surface area contributed by atoms with E-state index in [2.05, 4.69) is 6.92 Å². The SMILES string of the molecule is CCCCCCOCCCCOC(O)CCC. The third kappa shape index (κ3) is 13.8. The summed E-state index contributed by atoms with van der Waals surface area (Å²) in [4.78, 5) is 0. The maximum absolute atomic E-state index is 9.32. The standard InChI is InChI=1S/C14H30O3/c1-3-5-6-7-11-16-12-8-9-13-17-14(15)10-4-2/h14-15H,3-13H2,1-2H3. The molecule has 1 unspecified atom stereocenters. The molecule has 0 aliphatic heterocycles. The first-order chi connectivity index (χ1) is 8.31. The minimum absolute atomic E-state index is 0.574. The molecule has 0 aromatic rings. The van der Waals surface area contributed by atoms with Gasteiger partial charge in [0, 0.05) is 19.8 Å². The van der Waals surface area contributed by atoms with Crippen molar-refractivity contribution in [2.75, 3.05) is 19.8 Å². The molecule has 0 saturated heterocycles. The monoisotopic (exact) mass is 246 g/mol. The van der Waals surface area contributed by atoms with Gasteiger partial charge in [0.1, 0.15) is 0 Å². The highest BCUT2D eigenvalue weighted by Gasteiger charge is 2.00.